The summed E-state index contributed by atoms with van der Waals surface area (Å²) < 4.78 is 1.37. The highest BCUT2D eigenvalue weighted by Crippen LogP contribution is 2.17. The fourth-order valence-electron chi connectivity index (χ4n) is 2.00. The average molecular weight is 272 g/mol. The second kappa shape index (κ2) is 4.40. The topological polar surface area (TPSA) is 60.9 Å². The number of halogens is 1. The van der Waals surface area contributed by atoms with E-state index in [-0.39, 0.29) is 11.5 Å². The molecule has 4 nitrogen and oxygen atoms in total. The van der Waals surface area contributed by atoms with Crippen LogP contribution in [0.15, 0.2) is 53.3 Å². The van der Waals surface area contributed by atoms with Crippen LogP contribution in [0.2, 0.25) is 5.02 Å². The molecule has 0 saturated heterocycles. The maximum absolute atomic E-state index is 12.5. The average Bonchev–Trinajstić information content (AvgIpc) is 2.41. The van der Waals surface area contributed by atoms with E-state index in [0.29, 0.717) is 21.6 Å². The number of benzene rings is 2. The molecule has 2 N–H and O–H groups in total. The van der Waals surface area contributed by atoms with E-state index in [9.17, 15) is 4.79 Å². The maximum atomic E-state index is 12.5. The summed E-state index contributed by atoms with van der Waals surface area (Å²) in [4.78, 5) is 16.7. The Kier molecular flexibility index (Phi) is 2.72. The first-order valence-electron chi connectivity index (χ1n) is 5.70. The Morgan fingerprint density at radius 1 is 1.11 bits per heavy atom. The Balaban J connectivity index is 2.41. The third-order valence-electron chi connectivity index (χ3n) is 2.87. The van der Waals surface area contributed by atoms with E-state index < -0.39 is 0 Å². The van der Waals surface area contributed by atoms with Crippen molar-refractivity contribution in [1.29, 1.82) is 0 Å². The van der Waals surface area contributed by atoms with Crippen LogP contribution in [0.1, 0.15) is 0 Å². The van der Waals surface area contributed by atoms with Crippen molar-refractivity contribution in [2.24, 2.45) is 0 Å². The molecular weight excluding hydrogens is 262 g/mol. The van der Waals surface area contributed by atoms with Gasteiger partial charge in [0.05, 0.1) is 16.6 Å². The number of para-hydroxylation sites is 1. The zero-order valence-corrected chi connectivity index (χ0v) is 10.6. The van der Waals surface area contributed by atoms with E-state index in [1.807, 2.05) is 18.2 Å². The molecule has 0 aliphatic heterocycles. The minimum atomic E-state index is -0.226. The molecule has 2 aromatic carbocycles. The van der Waals surface area contributed by atoms with Crippen LogP contribution >= 0.6 is 11.6 Å². The molecule has 94 valence electrons. The summed E-state index contributed by atoms with van der Waals surface area (Å²) >= 11 is 5.92. The van der Waals surface area contributed by atoms with Gasteiger partial charge < -0.3 is 5.73 Å². The molecule has 0 aliphatic carbocycles. The second-order valence-corrected chi connectivity index (χ2v) is 4.54. The number of nitrogens with two attached hydrogens (primary N) is 1. The predicted molar refractivity (Wildman–Crippen MR) is 76.8 cm³/mol. The van der Waals surface area contributed by atoms with Gasteiger partial charge in [0.25, 0.3) is 5.56 Å². The van der Waals surface area contributed by atoms with Gasteiger partial charge >= 0.3 is 0 Å². The molecule has 0 aliphatic rings. The highest BCUT2D eigenvalue weighted by atomic mass is 35.5. The summed E-state index contributed by atoms with van der Waals surface area (Å²) in [7, 11) is 0. The molecule has 0 spiro atoms. The van der Waals surface area contributed by atoms with Gasteiger partial charge in [0.2, 0.25) is 5.95 Å². The van der Waals surface area contributed by atoms with Crippen LogP contribution in [0.25, 0.3) is 16.6 Å². The van der Waals surface area contributed by atoms with E-state index in [4.69, 9.17) is 17.3 Å². The van der Waals surface area contributed by atoms with E-state index in [0.717, 1.165) is 0 Å². The molecule has 1 aromatic heterocycles. The van der Waals surface area contributed by atoms with Gasteiger partial charge in [0.1, 0.15) is 0 Å². The van der Waals surface area contributed by atoms with Crippen LogP contribution < -0.4 is 11.3 Å². The van der Waals surface area contributed by atoms with Crippen LogP contribution in [0.4, 0.5) is 5.95 Å². The molecule has 0 atom stereocenters. The van der Waals surface area contributed by atoms with Crippen molar-refractivity contribution < 1.29 is 0 Å². The number of anilines is 1. The van der Waals surface area contributed by atoms with Gasteiger partial charge in [-0.1, -0.05) is 29.8 Å². The van der Waals surface area contributed by atoms with Crippen molar-refractivity contribution in [3.05, 3.63) is 63.9 Å². The normalized spacial score (nSPS) is 10.8. The van der Waals surface area contributed by atoms with Crippen LogP contribution in [0.5, 0.6) is 0 Å². The van der Waals surface area contributed by atoms with Crippen molar-refractivity contribution in [2.75, 3.05) is 5.73 Å². The number of rotatable bonds is 1. The highest BCUT2D eigenvalue weighted by Gasteiger charge is 2.10. The monoisotopic (exact) mass is 271 g/mol. The standard InChI is InChI=1S/C14H10ClN3O/c15-9-6-7-12-11(8-9)13(19)18(14(16)17-12)10-4-2-1-3-5-10/h1-8H,(H2,16,17). The predicted octanol–water partition coefficient (Wildman–Crippen LogP) is 2.62. The van der Waals surface area contributed by atoms with Gasteiger partial charge in [-0.05, 0) is 30.3 Å². The van der Waals surface area contributed by atoms with Crippen LogP contribution in [0.3, 0.4) is 0 Å². The Hall–Kier alpha value is -2.33. The number of aromatic nitrogens is 2. The molecule has 1 heterocycles. The lowest BCUT2D eigenvalue weighted by Crippen LogP contribution is -2.22. The minimum Gasteiger partial charge on any atom is -0.369 e. The summed E-state index contributed by atoms with van der Waals surface area (Å²) in [5.41, 5.74) is 6.87. The van der Waals surface area contributed by atoms with Crippen molar-refractivity contribution in [3.8, 4) is 5.69 Å². The number of nitrogen functional groups attached to an aromatic ring is 1. The quantitative estimate of drug-likeness (QED) is 0.740. The summed E-state index contributed by atoms with van der Waals surface area (Å²) in [5.74, 6) is 0.158. The van der Waals surface area contributed by atoms with Crippen LogP contribution in [-0.2, 0) is 0 Å². The van der Waals surface area contributed by atoms with Crippen molar-refractivity contribution >= 4 is 28.5 Å². The third kappa shape index (κ3) is 1.96. The van der Waals surface area contributed by atoms with Gasteiger partial charge in [0.15, 0.2) is 0 Å². The molecule has 0 bridgehead atoms. The number of fused-ring (bicyclic) bond motifs is 1. The molecule has 3 aromatic rings. The zero-order valence-electron chi connectivity index (χ0n) is 9.88. The third-order valence-corrected chi connectivity index (χ3v) is 3.11. The SMILES string of the molecule is Nc1nc2ccc(Cl)cc2c(=O)n1-c1ccccc1. The van der Waals surface area contributed by atoms with E-state index in [1.54, 1.807) is 30.3 Å². The van der Waals surface area contributed by atoms with Crippen LogP contribution in [-0.4, -0.2) is 9.55 Å². The maximum Gasteiger partial charge on any atom is 0.267 e. The number of hydrogen-bond donors (Lipinski definition) is 1. The van der Waals surface area contributed by atoms with Gasteiger partial charge in [-0.2, -0.15) is 0 Å². The van der Waals surface area contributed by atoms with E-state index in [2.05, 4.69) is 4.98 Å². The summed E-state index contributed by atoms with van der Waals surface area (Å²) in [6, 6.07) is 14.1. The molecule has 19 heavy (non-hydrogen) atoms. The Morgan fingerprint density at radius 3 is 2.58 bits per heavy atom. The summed E-state index contributed by atoms with van der Waals surface area (Å²) in [6.45, 7) is 0. The smallest absolute Gasteiger partial charge is 0.267 e. The van der Waals surface area contributed by atoms with Crippen molar-refractivity contribution in [3.63, 3.8) is 0 Å². The first kappa shape index (κ1) is 11.7. The van der Waals surface area contributed by atoms with Gasteiger partial charge in [-0.15, -0.1) is 0 Å². The molecule has 0 unspecified atom stereocenters. The highest BCUT2D eigenvalue weighted by molar-refractivity contribution is 6.31. The second-order valence-electron chi connectivity index (χ2n) is 4.11. The molecule has 0 radical (unpaired) electrons. The van der Waals surface area contributed by atoms with E-state index in [1.165, 1.54) is 4.57 Å². The summed E-state index contributed by atoms with van der Waals surface area (Å²) in [5, 5.41) is 0.946. The van der Waals surface area contributed by atoms with E-state index >= 15 is 0 Å². The van der Waals surface area contributed by atoms with Gasteiger partial charge in [-0.25, -0.2) is 9.55 Å². The molecule has 3 rings (SSSR count). The molecular formula is C14H10ClN3O. The fraction of sp³-hybridized carbons (Fsp3) is 0. The largest absolute Gasteiger partial charge is 0.369 e. The lowest BCUT2D eigenvalue weighted by Gasteiger charge is -2.10. The van der Waals surface area contributed by atoms with Crippen molar-refractivity contribution in [2.45, 2.75) is 0 Å². The Bertz CT molecular complexity index is 812. The van der Waals surface area contributed by atoms with Crippen molar-refractivity contribution in [1.82, 2.24) is 9.55 Å². The lowest BCUT2D eigenvalue weighted by atomic mass is 10.2. The van der Waals surface area contributed by atoms with Crippen LogP contribution in [0, 0.1) is 0 Å². The van der Waals surface area contributed by atoms with Gasteiger partial charge in [-0.3, -0.25) is 4.79 Å². The molecule has 0 saturated carbocycles. The zero-order chi connectivity index (χ0) is 13.4. The Labute approximate surface area is 114 Å². The fourth-order valence-corrected chi connectivity index (χ4v) is 2.17. The van der Waals surface area contributed by atoms with Gasteiger partial charge in [0, 0.05) is 5.02 Å². The number of hydrogen-bond acceptors (Lipinski definition) is 3. The number of nitrogens with zero attached hydrogens (tertiary/aromatic N) is 2. The molecule has 5 heteroatoms. The first-order chi connectivity index (χ1) is 9.16. The lowest BCUT2D eigenvalue weighted by molar-refractivity contribution is 0.982. The Morgan fingerprint density at radius 2 is 1.84 bits per heavy atom. The minimum absolute atomic E-state index is 0.158. The molecule has 0 amide bonds. The first-order valence-corrected chi connectivity index (χ1v) is 6.08. The molecule has 0 fully saturated rings. The summed E-state index contributed by atoms with van der Waals surface area (Å²) in [6.07, 6.45) is 0.